The van der Waals surface area contributed by atoms with Crippen LogP contribution in [0.15, 0.2) is 0 Å². The van der Waals surface area contributed by atoms with Gasteiger partial charge in [0.1, 0.15) is 0 Å². The summed E-state index contributed by atoms with van der Waals surface area (Å²) < 4.78 is 6.13. The van der Waals surface area contributed by atoms with E-state index in [0.29, 0.717) is 6.04 Å². The van der Waals surface area contributed by atoms with Gasteiger partial charge >= 0.3 is 0 Å². The van der Waals surface area contributed by atoms with Crippen LogP contribution in [0.3, 0.4) is 0 Å². The van der Waals surface area contributed by atoms with Crippen LogP contribution in [0, 0.1) is 11.8 Å². The second-order valence-electron chi connectivity index (χ2n) is 6.73. The Kier molecular flexibility index (Phi) is 5.08. The third-order valence-electron chi connectivity index (χ3n) is 4.97. The predicted molar refractivity (Wildman–Crippen MR) is 76.8 cm³/mol. The molecule has 1 aliphatic carbocycles. The molecule has 1 N–H and O–H groups in total. The number of ether oxygens (including phenoxy) is 1. The first-order valence-corrected chi connectivity index (χ1v) is 8.03. The Morgan fingerprint density at radius 1 is 1.33 bits per heavy atom. The van der Waals surface area contributed by atoms with Crippen LogP contribution in [0.1, 0.15) is 65.7 Å². The van der Waals surface area contributed by atoms with Gasteiger partial charge in [0.2, 0.25) is 0 Å². The van der Waals surface area contributed by atoms with Gasteiger partial charge in [0.25, 0.3) is 0 Å². The van der Waals surface area contributed by atoms with Crippen LogP contribution >= 0.6 is 0 Å². The van der Waals surface area contributed by atoms with Crippen molar-refractivity contribution in [3.05, 3.63) is 0 Å². The highest BCUT2D eigenvalue weighted by Crippen LogP contribution is 2.39. The zero-order valence-electron chi connectivity index (χ0n) is 12.5. The number of hydrogen-bond donors (Lipinski definition) is 1. The van der Waals surface area contributed by atoms with Gasteiger partial charge in [-0.3, -0.25) is 0 Å². The third kappa shape index (κ3) is 3.27. The van der Waals surface area contributed by atoms with Crippen molar-refractivity contribution < 1.29 is 4.74 Å². The van der Waals surface area contributed by atoms with Crippen molar-refractivity contribution >= 4 is 0 Å². The molecule has 0 spiro atoms. The molecule has 1 heterocycles. The normalized spacial score (nSPS) is 38.8. The van der Waals surface area contributed by atoms with E-state index in [1.54, 1.807) is 0 Å². The summed E-state index contributed by atoms with van der Waals surface area (Å²) >= 11 is 0. The molecular weight excluding hydrogens is 222 g/mol. The van der Waals surface area contributed by atoms with Crippen LogP contribution < -0.4 is 5.32 Å². The van der Waals surface area contributed by atoms with E-state index >= 15 is 0 Å². The zero-order valence-corrected chi connectivity index (χ0v) is 12.5. The molecule has 18 heavy (non-hydrogen) atoms. The summed E-state index contributed by atoms with van der Waals surface area (Å²) in [5, 5.41) is 3.82. The van der Waals surface area contributed by atoms with E-state index in [2.05, 4.69) is 26.1 Å². The maximum Gasteiger partial charge on any atom is 0.0810 e. The molecule has 0 radical (unpaired) electrons. The van der Waals surface area contributed by atoms with E-state index in [0.717, 1.165) is 25.0 Å². The summed E-state index contributed by atoms with van der Waals surface area (Å²) in [6, 6.07) is 0.572. The smallest absolute Gasteiger partial charge is 0.0810 e. The average Bonchev–Trinajstić information content (AvgIpc) is 2.77. The summed E-state index contributed by atoms with van der Waals surface area (Å²) in [7, 11) is 0. The van der Waals surface area contributed by atoms with Crippen LogP contribution in [0.4, 0.5) is 0 Å². The second-order valence-corrected chi connectivity index (χ2v) is 6.73. The maximum absolute atomic E-state index is 6.13. The molecule has 2 nitrogen and oxygen atoms in total. The molecule has 0 aromatic heterocycles. The van der Waals surface area contributed by atoms with Gasteiger partial charge in [-0.05, 0) is 57.4 Å². The molecule has 0 amide bonds. The van der Waals surface area contributed by atoms with E-state index in [1.807, 2.05) is 0 Å². The lowest BCUT2D eigenvalue weighted by Gasteiger charge is -2.42. The van der Waals surface area contributed by atoms with Gasteiger partial charge in [-0.15, -0.1) is 0 Å². The standard InChI is InChI=1S/C16H31NO/c1-4-10-17-15(16(3)9-6-11-18-16)14-8-5-7-13(2)12-14/h13-15,17H,4-12H2,1-3H3. The molecule has 0 bridgehead atoms. The molecule has 1 aliphatic heterocycles. The van der Waals surface area contributed by atoms with Crippen molar-refractivity contribution in [2.24, 2.45) is 11.8 Å². The number of rotatable bonds is 5. The highest BCUT2D eigenvalue weighted by Gasteiger charge is 2.42. The average molecular weight is 253 g/mol. The minimum Gasteiger partial charge on any atom is -0.374 e. The molecule has 2 aliphatic rings. The summed E-state index contributed by atoms with van der Waals surface area (Å²) in [4.78, 5) is 0. The quantitative estimate of drug-likeness (QED) is 0.805. The predicted octanol–water partition coefficient (Wildman–Crippen LogP) is 3.75. The summed E-state index contributed by atoms with van der Waals surface area (Å²) in [5.41, 5.74) is 0.0941. The molecule has 2 fully saturated rings. The van der Waals surface area contributed by atoms with E-state index in [4.69, 9.17) is 4.74 Å². The van der Waals surface area contributed by atoms with Crippen LogP contribution in [0.5, 0.6) is 0 Å². The minimum absolute atomic E-state index is 0.0941. The third-order valence-corrected chi connectivity index (χ3v) is 4.97. The van der Waals surface area contributed by atoms with Crippen LogP contribution in [0.25, 0.3) is 0 Å². The van der Waals surface area contributed by atoms with Crippen LogP contribution in [-0.2, 0) is 4.74 Å². The monoisotopic (exact) mass is 253 g/mol. The lowest BCUT2D eigenvalue weighted by molar-refractivity contribution is -0.0364. The molecule has 1 saturated carbocycles. The fourth-order valence-electron chi connectivity index (χ4n) is 4.01. The molecule has 4 atom stereocenters. The van der Waals surface area contributed by atoms with Crippen molar-refractivity contribution in [1.29, 1.82) is 0 Å². The van der Waals surface area contributed by atoms with E-state index in [-0.39, 0.29) is 5.60 Å². The largest absolute Gasteiger partial charge is 0.374 e. The highest BCUT2D eigenvalue weighted by molar-refractivity contribution is 4.97. The van der Waals surface area contributed by atoms with Gasteiger partial charge in [-0.1, -0.05) is 26.7 Å². The highest BCUT2D eigenvalue weighted by atomic mass is 16.5. The molecule has 0 aromatic carbocycles. The van der Waals surface area contributed by atoms with E-state index < -0.39 is 0 Å². The first kappa shape index (κ1) is 14.3. The van der Waals surface area contributed by atoms with Crippen LogP contribution in [-0.4, -0.2) is 24.8 Å². The molecule has 0 aromatic rings. The Hall–Kier alpha value is -0.0800. The van der Waals surface area contributed by atoms with Gasteiger partial charge in [0.05, 0.1) is 5.60 Å². The van der Waals surface area contributed by atoms with Gasteiger partial charge < -0.3 is 10.1 Å². The summed E-state index contributed by atoms with van der Waals surface area (Å²) in [6.45, 7) is 9.11. The van der Waals surface area contributed by atoms with E-state index in [9.17, 15) is 0 Å². The Morgan fingerprint density at radius 3 is 2.78 bits per heavy atom. The summed E-state index contributed by atoms with van der Waals surface area (Å²) in [6.07, 6.45) is 9.31. The van der Waals surface area contributed by atoms with Crippen molar-refractivity contribution in [2.75, 3.05) is 13.2 Å². The zero-order chi connectivity index (χ0) is 13.0. The van der Waals surface area contributed by atoms with Gasteiger partial charge in [-0.25, -0.2) is 0 Å². The van der Waals surface area contributed by atoms with Gasteiger partial charge in [-0.2, -0.15) is 0 Å². The van der Waals surface area contributed by atoms with Gasteiger partial charge in [0, 0.05) is 12.6 Å². The Balaban J connectivity index is 2.03. The molecular formula is C16H31NO. The molecule has 1 saturated heterocycles. The first-order valence-electron chi connectivity index (χ1n) is 8.03. The Labute approximate surface area is 113 Å². The SMILES string of the molecule is CCCNC(C1CCCC(C)C1)C1(C)CCCO1. The number of hydrogen-bond acceptors (Lipinski definition) is 2. The summed E-state index contributed by atoms with van der Waals surface area (Å²) in [5.74, 6) is 1.73. The van der Waals surface area contributed by atoms with Gasteiger partial charge in [0.15, 0.2) is 0 Å². The lowest BCUT2D eigenvalue weighted by atomic mass is 9.73. The first-order chi connectivity index (χ1) is 8.65. The molecule has 2 rings (SSSR count). The molecule has 106 valence electrons. The van der Waals surface area contributed by atoms with Crippen LogP contribution in [0.2, 0.25) is 0 Å². The fraction of sp³-hybridized carbons (Fsp3) is 1.00. The lowest BCUT2D eigenvalue weighted by Crippen LogP contribution is -2.54. The Morgan fingerprint density at radius 2 is 2.17 bits per heavy atom. The number of nitrogens with one attached hydrogen (secondary N) is 1. The topological polar surface area (TPSA) is 21.3 Å². The minimum atomic E-state index is 0.0941. The fourth-order valence-corrected chi connectivity index (χ4v) is 4.01. The Bertz CT molecular complexity index is 247. The molecule has 4 unspecified atom stereocenters. The van der Waals surface area contributed by atoms with E-state index in [1.165, 1.54) is 44.9 Å². The van der Waals surface area contributed by atoms with Crippen molar-refractivity contribution in [2.45, 2.75) is 77.4 Å². The second kappa shape index (κ2) is 6.38. The van der Waals surface area contributed by atoms with Crippen molar-refractivity contribution in [3.63, 3.8) is 0 Å². The molecule has 2 heteroatoms. The maximum atomic E-state index is 6.13. The van der Waals surface area contributed by atoms with Crippen molar-refractivity contribution in [3.8, 4) is 0 Å². The van der Waals surface area contributed by atoms with Crippen molar-refractivity contribution in [1.82, 2.24) is 5.32 Å².